The van der Waals surface area contributed by atoms with E-state index in [0.717, 1.165) is 0 Å². The zero-order valence-corrected chi connectivity index (χ0v) is 12.0. The summed E-state index contributed by atoms with van der Waals surface area (Å²) >= 11 is 0. The van der Waals surface area contributed by atoms with E-state index in [2.05, 4.69) is 10.3 Å². The molecule has 0 atom stereocenters. The largest absolute Gasteiger partial charge is 0.489 e. The Labute approximate surface area is 122 Å². The van der Waals surface area contributed by atoms with Gasteiger partial charge in [0.2, 0.25) is 5.76 Å². The molecule has 0 saturated heterocycles. The van der Waals surface area contributed by atoms with Crippen molar-refractivity contribution in [1.82, 2.24) is 10.3 Å². The molecule has 112 valence electrons. The van der Waals surface area contributed by atoms with E-state index in [-0.39, 0.29) is 30.6 Å². The Hall–Kier alpha value is -2.37. The van der Waals surface area contributed by atoms with Crippen molar-refractivity contribution in [3.8, 4) is 5.75 Å². The SMILES string of the molecule is CCc1nc(C)c(C(=O)NCCOc2ccccc2F)o1. The first kappa shape index (κ1) is 15.0. The van der Waals surface area contributed by atoms with Gasteiger partial charge in [-0.1, -0.05) is 19.1 Å². The molecule has 0 aliphatic heterocycles. The van der Waals surface area contributed by atoms with Gasteiger partial charge < -0.3 is 14.5 Å². The molecule has 6 heteroatoms. The number of aromatic nitrogens is 1. The number of nitrogens with one attached hydrogen (secondary N) is 1. The fourth-order valence-corrected chi connectivity index (χ4v) is 1.78. The van der Waals surface area contributed by atoms with Crippen molar-refractivity contribution in [2.45, 2.75) is 20.3 Å². The van der Waals surface area contributed by atoms with Crippen LogP contribution in [0.25, 0.3) is 0 Å². The van der Waals surface area contributed by atoms with Gasteiger partial charge in [-0.05, 0) is 19.1 Å². The highest BCUT2D eigenvalue weighted by atomic mass is 19.1. The van der Waals surface area contributed by atoms with E-state index in [1.54, 1.807) is 19.1 Å². The summed E-state index contributed by atoms with van der Waals surface area (Å²) in [6.07, 6.45) is 0.629. The Morgan fingerprint density at radius 3 is 2.86 bits per heavy atom. The minimum atomic E-state index is -0.428. The molecule has 0 spiro atoms. The van der Waals surface area contributed by atoms with Crippen LogP contribution < -0.4 is 10.1 Å². The van der Waals surface area contributed by atoms with E-state index in [4.69, 9.17) is 9.15 Å². The lowest BCUT2D eigenvalue weighted by Crippen LogP contribution is -2.28. The molecule has 2 aromatic rings. The molecule has 1 aromatic carbocycles. The van der Waals surface area contributed by atoms with Crippen molar-refractivity contribution in [3.05, 3.63) is 47.4 Å². The number of rotatable bonds is 6. The van der Waals surface area contributed by atoms with Crippen molar-refractivity contribution in [1.29, 1.82) is 0 Å². The van der Waals surface area contributed by atoms with Crippen molar-refractivity contribution in [2.24, 2.45) is 0 Å². The first-order valence-electron chi connectivity index (χ1n) is 6.73. The molecular weight excluding hydrogens is 275 g/mol. The summed E-state index contributed by atoms with van der Waals surface area (Å²) in [6, 6.07) is 6.12. The molecule has 1 aromatic heterocycles. The zero-order chi connectivity index (χ0) is 15.2. The van der Waals surface area contributed by atoms with Gasteiger partial charge in [0.1, 0.15) is 6.61 Å². The Balaban J connectivity index is 1.82. The third-order valence-corrected chi connectivity index (χ3v) is 2.83. The number of oxazole rings is 1. The smallest absolute Gasteiger partial charge is 0.289 e. The fraction of sp³-hybridized carbons (Fsp3) is 0.333. The molecule has 0 unspecified atom stereocenters. The van der Waals surface area contributed by atoms with Gasteiger partial charge in [-0.3, -0.25) is 4.79 Å². The van der Waals surface area contributed by atoms with Gasteiger partial charge in [0.15, 0.2) is 17.5 Å². The molecular formula is C15H17FN2O3. The number of carbonyl (C=O) groups is 1. The molecule has 0 saturated carbocycles. The maximum atomic E-state index is 13.3. The van der Waals surface area contributed by atoms with Crippen LogP contribution >= 0.6 is 0 Å². The number of hydrogen-bond donors (Lipinski definition) is 1. The second-order valence-electron chi connectivity index (χ2n) is 4.41. The van der Waals surface area contributed by atoms with Crippen LogP contribution in [0.2, 0.25) is 0 Å². The molecule has 0 fully saturated rings. The molecule has 5 nitrogen and oxygen atoms in total. The minimum Gasteiger partial charge on any atom is -0.489 e. The number of para-hydroxylation sites is 1. The highest BCUT2D eigenvalue weighted by Crippen LogP contribution is 2.15. The molecule has 0 aliphatic rings. The number of ether oxygens (including phenoxy) is 1. The van der Waals surface area contributed by atoms with E-state index in [1.807, 2.05) is 6.92 Å². The second-order valence-corrected chi connectivity index (χ2v) is 4.41. The lowest BCUT2D eigenvalue weighted by atomic mass is 10.3. The van der Waals surface area contributed by atoms with E-state index in [9.17, 15) is 9.18 Å². The van der Waals surface area contributed by atoms with Crippen molar-refractivity contribution < 1.29 is 18.3 Å². The van der Waals surface area contributed by atoms with E-state index in [0.29, 0.717) is 18.0 Å². The maximum Gasteiger partial charge on any atom is 0.289 e. The average Bonchev–Trinajstić information content (AvgIpc) is 2.86. The van der Waals surface area contributed by atoms with Crippen LogP contribution in [0.15, 0.2) is 28.7 Å². The Morgan fingerprint density at radius 2 is 2.19 bits per heavy atom. The highest BCUT2D eigenvalue weighted by Gasteiger charge is 2.16. The summed E-state index contributed by atoms with van der Waals surface area (Å²) in [5.41, 5.74) is 0.555. The van der Waals surface area contributed by atoms with Crippen molar-refractivity contribution in [2.75, 3.05) is 13.2 Å². The van der Waals surface area contributed by atoms with Crippen molar-refractivity contribution in [3.63, 3.8) is 0 Å². The number of amides is 1. The lowest BCUT2D eigenvalue weighted by molar-refractivity contribution is 0.0916. The predicted molar refractivity (Wildman–Crippen MR) is 74.8 cm³/mol. The third kappa shape index (κ3) is 3.81. The van der Waals surface area contributed by atoms with E-state index < -0.39 is 5.82 Å². The zero-order valence-electron chi connectivity index (χ0n) is 12.0. The minimum absolute atomic E-state index is 0.163. The number of aryl methyl sites for hydroxylation is 2. The van der Waals surface area contributed by atoms with Gasteiger partial charge in [0.05, 0.1) is 12.2 Å². The number of hydrogen-bond acceptors (Lipinski definition) is 4. The summed E-state index contributed by atoms with van der Waals surface area (Å²) in [7, 11) is 0. The molecule has 0 bridgehead atoms. The predicted octanol–water partition coefficient (Wildman–Crippen LogP) is 2.49. The van der Waals surface area contributed by atoms with Crippen LogP contribution in [-0.4, -0.2) is 24.0 Å². The summed E-state index contributed by atoms with van der Waals surface area (Å²) in [4.78, 5) is 16.0. The van der Waals surface area contributed by atoms with E-state index in [1.165, 1.54) is 12.1 Å². The summed E-state index contributed by atoms with van der Waals surface area (Å²) in [5, 5.41) is 2.65. The average molecular weight is 292 g/mol. The first-order chi connectivity index (χ1) is 10.1. The quantitative estimate of drug-likeness (QED) is 0.831. The third-order valence-electron chi connectivity index (χ3n) is 2.83. The topological polar surface area (TPSA) is 64.4 Å². The van der Waals surface area contributed by atoms with E-state index >= 15 is 0 Å². The summed E-state index contributed by atoms with van der Waals surface area (Å²) in [5.74, 6) is 0.119. The first-order valence-corrected chi connectivity index (χ1v) is 6.73. The molecule has 1 amide bonds. The maximum absolute atomic E-state index is 13.3. The standard InChI is InChI=1S/C15H17FN2O3/c1-3-13-18-10(2)14(21-13)15(19)17-8-9-20-12-7-5-4-6-11(12)16/h4-7H,3,8-9H2,1-2H3,(H,17,19). The Kier molecular flexibility index (Phi) is 4.92. The van der Waals surface area contributed by atoms with Gasteiger partial charge in [0.25, 0.3) is 5.91 Å². The number of carbonyl (C=O) groups excluding carboxylic acids is 1. The van der Waals surface area contributed by atoms with Crippen LogP contribution in [0.3, 0.4) is 0 Å². The molecule has 0 radical (unpaired) electrons. The second kappa shape index (κ2) is 6.88. The fourth-order valence-electron chi connectivity index (χ4n) is 1.78. The summed E-state index contributed by atoms with van der Waals surface area (Å²) < 4.78 is 23.9. The Bertz CT molecular complexity index is 625. The number of benzene rings is 1. The monoisotopic (exact) mass is 292 g/mol. The normalized spacial score (nSPS) is 10.4. The summed E-state index contributed by atoms with van der Waals surface area (Å²) in [6.45, 7) is 4.03. The molecule has 1 N–H and O–H groups in total. The van der Waals surface area contributed by atoms with Gasteiger partial charge in [-0.25, -0.2) is 9.37 Å². The molecule has 0 aliphatic carbocycles. The van der Waals surface area contributed by atoms with Crippen LogP contribution in [0.5, 0.6) is 5.75 Å². The lowest BCUT2D eigenvalue weighted by Gasteiger charge is -2.07. The highest BCUT2D eigenvalue weighted by molar-refractivity contribution is 5.92. The van der Waals surface area contributed by atoms with Crippen LogP contribution in [-0.2, 0) is 6.42 Å². The van der Waals surface area contributed by atoms with Crippen LogP contribution in [0, 0.1) is 12.7 Å². The molecule has 1 heterocycles. The van der Waals surface area contributed by atoms with Crippen LogP contribution in [0.4, 0.5) is 4.39 Å². The Morgan fingerprint density at radius 1 is 1.43 bits per heavy atom. The van der Waals surface area contributed by atoms with Gasteiger partial charge in [0, 0.05) is 6.42 Å². The number of halogens is 1. The molecule has 2 rings (SSSR count). The van der Waals surface area contributed by atoms with Gasteiger partial charge in [-0.15, -0.1) is 0 Å². The number of nitrogens with zero attached hydrogens (tertiary/aromatic N) is 1. The van der Waals surface area contributed by atoms with Crippen LogP contribution in [0.1, 0.15) is 29.1 Å². The molecule has 21 heavy (non-hydrogen) atoms. The van der Waals surface area contributed by atoms with Crippen molar-refractivity contribution >= 4 is 5.91 Å². The van der Waals surface area contributed by atoms with Gasteiger partial charge >= 0.3 is 0 Å². The van der Waals surface area contributed by atoms with Gasteiger partial charge in [-0.2, -0.15) is 0 Å².